The summed E-state index contributed by atoms with van der Waals surface area (Å²) in [5, 5.41) is 11.3. The fraction of sp³-hybridized carbons (Fsp3) is 0.400. The Balaban J connectivity index is 2.18. The molecule has 0 spiro atoms. The van der Waals surface area contributed by atoms with E-state index in [0.717, 1.165) is 0 Å². The molecule has 0 bridgehead atoms. The lowest BCUT2D eigenvalue weighted by Gasteiger charge is -2.26. The van der Waals surface area contributed by atoms with Crippen LogP contribution in [0.5, 0.6) is 0 Å². The Morgan fingerprint density at radius 1 is 1.24 bits per heavy atom. The van der Waals surface area contributed by atoms with Gasteiger partial charge in [0.25, 0.3) is 11.7 Å². The molecule has 1 aromatic heterocycles. The number of benzene rings is 1. The van der Waals surface area contributed by atoms with E-state index in [1.807, 2.05) is 19.0 Å². The zero-order chi connectivity index (χ0) is 25.2. The summed E-state index contributed by atoms with van der Waals surface area (Å²) in [5.74, 6) is -3.34. The van der Waals surface area contributed by atoms with Crippen molar-refractivity contribution in [2.45, 2.75) is 33.2 Å². The van der Waals surface area contributed by atoms with Crippen LogP contribution in [0.25, 0.3) is 5.76 Å². The van der Waals surface area contributed by atoms with Crippen LogP contribution in [0.1, 0.15) is 52.3 Å². The topological polar surface area (TPSA) is 103 Å². The van der Waals surface area contributed by atoms with E-state index in [0.29, 0.717) is 24.2 Å². The highest BCUT2D eigenvalue weighted by molar-refractivity contribution is 6.46. The molecule has 0 radical (unpaired) electrons. The van der Waals surface area contributed by atoms with Gasteiger partial charge in [0.2, 0.25) is 0 Å². The van der Waals surface area contributed by atoms with Crippen molar-refractivity contribution in [3.63, 3.8) is 0 Å². The summed E-state index contributed by atoms with van der Waals surface area (Å²) in [4.78, 5) is 44.6. The molecule has 2 heterocycles. The maximum Gasteiger partial charge on any atom is 0.355 e. The van der Waals surface area contributed by atoms with Crippen molar-refractivity contribution in [1.82, 2.24) is 14.8 Å². The first kappa shape index (κ1) is 25.2. The predicted octanol–water partition coefficient (Wildman–Crippen LogP) is 3.32. The number of amides is 1. The minimum atomic E-state index is -1.09. The van der Waals surface area contributed by atoms with Gasteiger partial charge in [-0.2, -0.15) is 0 Å². The molecule has 1 saturated heterocycles. The van der Waals surface area contributed by atoms with Gasteiger partial charge in [0.1, 0.15) is 17.3 Å². The first-order chi connectivity index (χ1) is 16.1. The number of Topliss-reactive ketones (excluding diaryl/α,β-unsaturated/α-hetero) is 1. The van der Waals surface area contributed by atoms with Gasteiger partial charge in [-0.3, -0.25) is 9.59 Å². The fourth-order valence-corrected chi connectivity index (χ4v) is 4.34. The van der Waals surface area contributed by atoms with Gasteiger partial charge in [-0.05, 0) is 59.5 Å². The lowest BCUT2D eigenvalue weighted by molar-refractivity contribution is -0.140. The average molecular weight is 472 g/mol. The van der Waals surface area contributed by atoms with E-state index >= 15 is 0 Å². The molecule has 1 aliphatic heterocycles. The molecular formula is C25H30FN3O5. The minimum Gasteiger partial charge on any atom is -0.507 e. The van der Waals surface area contributed by atoms with E-state index in [-0.39, 0.29) is 35.5 Å². The standard InChI is InChI=1S/C25H30FN3O5/c1-6-34-25(33)20-14(2)18(15(3)27-20)22(30)19-21(16-10-7-8-11-17(16)26)29(24(32)23(19)31)13-9-12-28(4)5/h7-8,10-11,21,27,30H,6,9,12-13H2,1-5H3/b22-19+/t21-/m0/s1. The molecule has 1 aliphatic rings. The number of nitrogens with zero attached hydrogens (tertiary/aromatic N) is 2. The number of nitrogens with one attached hydrogen (secondary N) is 1. The maximum atomic E-state index is 14.9. The molecule has 1 atom stereocenters. The first-order valence-electron chi connectivity index (χ1n) is 11.1. The number of likely N-dealkylation sites (tertiary alicyclic amines) is 1. The van der Waals surface area contributed by atoms with Crippen LogP contribution in [0.3, 0.4) is 0 Å². The zero-order valence-electron chi connectivity index (χ0n) is 20.1. The molecule has 2 aromatic rings. The second-order valence-electron chi connectivity index (χ2n) is 8.52. The predicted molar refractivity (Wildman–Crippen MR) is 125 cm³/mol. The SMILES string of the molecule is CCOC(=O)c1[nH]c(C)c(/C(O)=C2\C(=O)C(=O)N(CCCN(C)C)[C@H]2c2ccccc2F)c1C. The summed E-state index contributed by atoms with van der Waals surface area (Å²) in [6, 6.07) is 4.79. The number of ether oxygens (including phenoxy) is 1. The molecule has 1 fully saturated rings. The van der Waals surface area contributed by atoms with Gasteiger partial charge in [-0.25, -0.2) is 9.18 Å². The van der Waals surface area contributed by atoms with Crippen LogP contribution in [0.2, 0.25) is 0 Å². The molecule has 3 rings (SSSR count). The number of aromatic nitrogens is 1. The molecule has 8 nitrogen and oxygen atoms in total. The number of aryl methyl sites for hydroxylation is 1. The van der Waals surface area contributed by atoms with E-state index in [9.17, 15) is 23.9 Å². The van der Waals surface area contributed by atoms with Crippen molar-refractivity contribution < 1.29 is 28.6 Å². The Labute approximate surface area is 198 Å². The number of hydrogen-bond donors (Lipinski definition) is 2. The Kier molecular flexibility index (Phi) is 7.56. The largest absolute Gasteiger partial charge is 0.507 e. The van der Waals surface area contributed by atoms with Gasteiger partial charge >= 0.3 is 5.97 Å². The molecule has 182 valence electrons. The summed E-state index contributed by atoms with van der Waals surface area (Å²) in [7, 11) is 3.78. The van der Waals surface area contributed by atoms with E-state index in [4.69, 9.17) is 4.74 Å². The number of H-pyrrole nitrogens is 1. The summed E-state index contributed by atoms with van der Waals surface area (Å²) in [5.41, 5.74) is 1.06. The number of hydrogen-bond acceptors (Lipinski definition) is 6. The van der Waals surface area contributed by atoms with Crippen LogP contribution in [0.4, 0.5) is 4.39 Å². The highest BCUT2D eigenvalue weighted by atomic mass is 19.1. The van der Waals surface area contributed by atoms with Crippen molar-refractivity contribution in [1.29, 1.82) is 0 Å². The number of carbonyl (C=O) groups is 3. The van der Waals surface area contributed by atoms with Crippen LogP contribution in [-0.4, -0.2) is 71.3 Å². The third-order valence-electron chi connectivity index (χ3n) is 5.90. The van der Waals surface area contributed by atoms with Gasteiger partial charge in [0.15, 0.2) is 0 Å². The number of aromatic amines is 1. The quantitative estimate of drug-likeness (QED) is 0.265. The van der Waals surface area contributed by atoms with E-state index in [2.05, 4.69) is 4.98 Å². The zero-order valence-corrected chi connectivity index (χ0v) is 20.1. The summed E-state index contributed by atoms with van der Waals surface area (Å²) < 4.78 is 19.9. The normalized spacial score (nSPS) is 17.6. The summed E-state index contributed by atoms with van der Waals surface area (Å²) >= 11 is 0. The molecule has 2 N–H and O–H groups in total. The smallest absolute Gasteiger partial charge is 0.355 e. The Morgan fingerprint density at radius 2 is 1.91 bits per heavy atom. The van der Waals surface area contributed by atoms with Gasteiger partial charge in [-0.15, -0.1) is 0 Å². The van der Waals surface area contributed by atoms with Crippen molar-refractivity contribution in [2.24, 2.45) is 0 Å². The molecule has 0 saturated carbocycles. The van der Waals surface area contributed by atoms with E-state index in [1.54, 1.807) is 26.8 Å². The molecule has 34 heavy (non-hydrogen) atoms. The second-order valence-corrected chi connectivity index (χ2v) is 8.52. The number of esters is 1. The molecule has 1 aromatic carbocycles. The molecule has 0 aliphatic carbocycles. The van der Waals surface area contributed by atoms with Crippen molar-refractivity contribution in [2.75, 3.05) is 33.8 Å². The monoisotopic (exact) mass is 471 g/mol. The third-order valence-corrected chi connectivity index (χ3v) is 5.90. The van der Waals surface area contributed by atoms with Crippen molar-refractivity contribution in [3.8, 4) is 0 Å². The number of halogens is 1. The summed E-state index contributed by atoms with van der Waals surface area (Å²) in [6.07, 6.45) is 0.556. The third kappa shape index (κ3) is 4.61. The molecule has 1 amide bonds. The van der Waals surface area contributed by atoms with Crippen LogP contribution < -0.4 is 0 Å². The van der Waals surface area contributed by atoms with Crippen LogP contribution in [-0.2, 0) is 14.3 Å². The van der Waals surface area contributed by atoms with Crippen molar-refractivity contribution in [3.05, 3.63) is 63.7 Å². The first-order valence-corrected chi connectivity index (χ1v) is 11.1. The molecule has 0 unspecified atom stereocenters. The van der Waals surface area contributed by atoms with Gasteiger partial charge in [0.05, 0.1) is 18.2 Å². The highest BCUT2D eigenvalue weighted by Crippen LogP contribution is 2.41. The molecule has 9 heteroatoms. The number of carbonyl (C=O) groups excluding carboxylic acids is 3. The summed E-state index contributed by atoms with van der Waals surface area (Å²) in [6.45, 7) is 5.95. The number of aliphatic hydroxyl groups excluding tert-OH is 1. The van der Waals surface area contributed by atoms with Crippen molar-refractivity contribution >= 4 is 23.4 Å². The lowest BCUT2D eigenvalue weighted by Crippen LogP contribution is -2.32. The molecular weight excluding hydrogens is 441 g/mol. The van der Waals surface area contributed by atoms with Crippen LogP contribution in [0, 0.1) is 19.7 Å². The van der Waals surface area contributed by atoms with E-state index < -0.39 is 35.3 Å². The minimum absolute atomic E-state index is 0.115. The Bertz CT molecular complexity index is 1150. The van der Waals surface area contributed by atoms with Crippen LogP contribution >= 0.6 is 0 Å². The second kappa shape index (κ2) is 10.2. The number of ketones is 1. The number of rotatable bonds is 8. The lowest BCUT2D eigenvalue weighted by atomic mass is 9.93. The maximum absolute atomic E-state index is 14.9. The Morgan fingerprint density at radius 3 is 2.53 bits per heavy atom. The fourth-order valence-electron chi connectivity index (χ4n) is 4.34. The Hall–Kier alpha value is -3.46. The number of aliphatic hydroxyl groups is 1. The van der Waals surface area contributed by atoms with Crippen LogP contribution in [0.15, 0.2) is 29.8 Å². The van der Waals surface area contributed by atoms with Gasteiger partial charge in [0, 0.05) is 23.4 Å². The van der Waals surface area contributed by atoms with Gasteiger partial charge < -0.3 is 24.6 Å². The van der Waals surface area contributed by atoms with E-state index in [1.165, 1.54) is 23.1 Å². The van der Waals surface area contributed by atoms with Gasteiger partial charge in [-0.1, -0.05) is 18.2 Å². The average Bonchev–Trinajstić information content (AvgIpc) is 3.21. The highest BCUT2D eigenvalue weighted by Gasteiger charge is 2.47.